The first-order chi connectivity index (χ1) is 5.04. The molecule has 0 unspecified atom stereocenters. The molecular weight excluding hydrogens is 166 g/mol. The van der Waals surface area contributed by atoms with Crippen LogP contribution in [0.5, 0.6) is 0 Å². The quantitative estimate of drug-likeness (QED) is 0.489. The van der Waals surface area contributed by atoms with Crippen LogP contribution in [0.2, 0.25) is 0 Å². The van der Waals surface area contributed by atoms with Crippen LogP contribution < -0.4 is 5.73 Å². The van der Waals surface area contributed by atoms with E-state index in [9.17, 15) is 9.59 Å². The number of nitrogens with two attached hydrogens (primary N) is 1. The highest BCUT2D eigenvalue weighted by Crippen LogP contribution is 1.98. The molecule has 0 spiro atoms. The maximum absolute atomic E-state index is 10.1. The Morgan fingerprint density at radius 2 is 1.83 bits per heavy atom. The SMILES string of the molecule is N[C@H](CCCC(=O)O)C(=O)O.O. The summed E-state index contributed by atoms with van der Waals surface area (Å²) in [5.74, 6) is -2.02. The summed E-state index contributed by atoms with van der Waals surface area (Å²) in [6, 6.07) is -0.936. The summed E-state index contributed by atoms with van der Waals surface area (Å²) in [5, 5.41) is 16.5. The molecule has 1 atom stereocenters. The van der Waals surface area contributed by atoms with Crippen LogP contribution in [0.15, 0.2) is 0 Å². The summed E-state index contributed by atoms with van der Waals surface area (Å²) in [5.41, 5.74) is 5.11. The van der Waals surface area contributed by atoms with E-state index in [1.165, 1.54) is 0 Å². The van der Waals surface area contributed by atoms with E-state index in [0.717, 1.165) is 0 Å². The first-order valence-corrected chi connectivity index (χ1v) is 3.24. The van der Waals surface area contributed by atoms with E-state index in [-0.39, 0.29) is 18.3 Å². The normalized spacial score (nSPS) is 11.4. The van der Waals surface area contributed by atoms with Gasteiger partial charge in [0.15, 0.2) is 0 Å². The zero-order valence-corrected chi connectivity index (χ0v) is 6.49. The van der Waals surface area contributed by atoms with Gasteiger partial charge in [-0.3, -0.25) is 9.59 Å². The molecule has 0 bridgehead atoms. The van der Waals surface area contributed by atoms with Gasteiger partial charge in [0.25, 0.3) is 0 Å². The van der Waals surface area contributed by atoms with Gasteiger partial charge in [-0.05, 0) is 12.8 Å². The number of rotatable bonds is 5. The van der Waals surface area contributed by atoms with Crippen molar-refractivity contribution in [2.75, 3.05) is 0 Å². The van der Waals surface area contributed by atoms with Gasteiger partial charge in [-0.2, -0.15) is 0 Å². The van der Waals surface area contributed by atoms with Gasteiger partial charge in [0.2, 0.25) is 0 Å². The lowest BCUT2D eigenvalue weighted by atomic mass is 10.1. The summed E-state index contributed by atoms with van der Waals surface area (Å²) >= 11 is 0. The molecule has 6 N–H and O–H groups in total. The van der Waals surface area contributed by atoms with Crippen LogP contribution in [-0.4, -0.2) is 33.7 Å². The molecule has 0 aromatic heterocycles. The third kappa shape index (κ3) is 6.97. The average Bonchev–Trinajstić information content (AvgIpc) is 1.86. The highest BCUT2D eigenvalue weighted by molar-refractivity contribution is 5.73. The van der Waals surface area contributed by atoms with Crippen molar-refractivity contribution < 1.29 is 25.3 Å². The molecule has 0 aliphatic heterocycles. The van der Waals surface area contributed by atoms with Crippen molar-refractivity contribution in [1.82, 2.24) is 0 Å². The molecule has 0 saturated heterocycles. The molecule has 0 rings (SSSR count). The van der Waals surface area contributed by atoms with E-state index in [2.05, 4.69) is 0 Å². The van der Waals surface area contributed by atoms with Gasteiger partial charge in [0.05, 0.1) is 0 Å². The average molecular weight is 179 g/mol. The predicted molar refractivity (Wildman–Crippen MR) is 40.7 cm³/mol. The minimum Gasteiger partial charge on any atom is -0.481 e. The molecule has 72 valence electrons. The summed E-state index contributed by atoms with van der Waals surface area (Å²) in [7, 11) is 0. The van der Waals surface area contributed by atoms with Gasteiger partial charge in [0.1, 0.15) is 6.04 Å². The molecule has 0 aliphatic carbocycles. The summed E-state index contributed by atoms with van der Waals surface area (Å²) in [6.45, 7) is 0. The number of carbonyl (C=O) groups is 2. The molecule has 0 amide bonds. The van der Waals surface area contributed by atoms with Crippen molar-refractivity contribution in [3.8, 4) is 0 Å². The van der Waals surface area contributed by atoms with Crippen molar-refractivity contribution in [1.29, 1.82) is 0 Å². The Labute approximate surface area is 69.3 Å². The first kappa shape index (κ1) is 13.4. The Morgan fingerprint density at radius 1 is 1.33 bits per heavy atom. The van der Waals surface area contributed by atoms with Gasteiger partial charge in [-0.25, -0.2) is 0 Å². The minimum absolute atomic E-state index is 0. The number of carboxylic acid groups (broad SMARTS) is 2. The van der Waals surface area contributed by atoms with Crippen LogP contribution in [0, 0.1) is 0 Å². The van der Waals surface area contributed by atoms with Crippen LogP contribution in [0.4, 0.5) is 0 Å². The lowest BCUT2D eigenvalue weighted by Gasteiger charge is -2.02. The largest absolute Gasteiger partial charge is 0.481 e. The minimum atomic E-state index is -1.09. The van der Waals surface area contributed by atoms with Crippen molar-refractivity contribution >= 4 is 11.9 Å². The molecule has 0 aromatic carbocycles. The van der Waals surface area contributed by atoms with E-state index in [0.29, 0.717) is 6.42 Å². The molecule has 12 heavy (non-hydrogen) atoms. The Bertz CT molecular complexity index is 158. The van der Waals surface area contributed by atoms with Crippen molar-refractivity contribution in [2.24, 2.45) is 5.73 Å². The Morgan fingerprint density at radius 3 is 2.17 bits per heavy atom. The standard InChI is InChI=1S/C6H11NO4.H2O/c7-4(6(10)11)2-1-3-5(8)9;/h4H,1-3,7H2,(H,8,9)(H,10,11);1H2/t4-;/m1./s1. The Hall–Kier alpha value is -1.14. The summed E-state index contributed by atoms with van der Waals surface area (Å²) < 4.78 is 0. The van der Waals surface area contributed by atoms with Crippen LogP contribution >= 0.6 is 0 Å². The Balaban J connectivity index is 0. The monoisotopic (exact) mass is 179 g/mol. The van der Waals surface area contributed by atoms with E-state index in [4.69, 9.17) is 15.9 Å². The fourth-order valence-corrected chi connectivity index (χ4v) is 0.597. The van der Waals surface area contributed by atoms with Gasteiger partial charge >= 0.3 is 11.9 Å². The molecule has 6 heteroatoms. The first-order valence-electron chi connectivity index (χ1n) is 3.24. The van der Waals surface area contributed by atoms with Crippen LogP contribution in [0.1, 0.15) is 19.3 Å². The second kappa shape index (κ2) is 6.56. The molecule has 0 aromatic rings. The van der Waals surface area contributed by atoms with Crippen molar-refractivity contribution in [2.45, 2.75) is 25.3 Å². The lowest BCUT2D eigenvalue weighted by Crippen LogP contribution is -2.29. The molecule has 0 aliphatic rings. The highest BCUT2D eigenvalue weighted by atomic mass is 16.4. The maximum atomic E-state index is 10.1. The van der Waals surface area contributed by atoms with Crippen LogP contribution in [0.3, 0.4) is 0 Å². The second-order valence-corrected chi connectivity index (χ2v) is 2.23. The van der Waals surface area contributed by atoms with E-state index in [1.54, 1.807) is 0 Å². The van der Waals surface area contributed by atoms with E-state index in [1.807, 2.05) is 0 Å². The third-order valence-electron chi connectivity index (χ3n) is 1.22. The fraction of sp³-hybridized carbons (Fsp3) is 0.667. The second-order valence-electron chi connectivity index (χ2n) is 2.23. The molecule has 0 radical (unpaired) electrons. The van der Waals surface area contributed by atoms with Crippen LogP contribution in [-0.2, 0) is 9.59 Å². The number of hydrogen-bond acceptors (Lipinski definition) is 3. The van der Waals surface area contributed by atoms with Gasteiger partial charge < -0.3 is 21.4 Å². The van der Waals surface area contributed by atoms with E-state index >= 15 is 0 Å². The topological polar surface area (TPSA) is 132 Å². The molecule has 6 nitrogen and oxygen atoms in total. The van der Waals surface area contributed by atoms with Gasteiger partial charge in [-0.1, -0.05) is 0 Å². The van der Waals surface area contributed by atoms with Crippen molar-refractivity contribution in [3.05, 3.63) is 0 Å². The molecule has 0 fully saturated rings. The van der Waals surface area contributed by atoms with Crippen molar-refractivity contribution in [3.63, 3.8) is 0 Å². The summed E-state index contributed by atoms with van der Waals surface area (Å²) in [6.07, 6.45) is 0.491. The molecular formula is C6H13NO5. The molecule has 0 heterocycles. The zero-order valence-electron chi connectivity index (χ0n) is 6.49. The molecule has 0 saturated carbocycles. The third-order valence-corrected chi connectivity index (χ3v) is 1.22. The van der Waals surface area contributed by atoms with E-state index < -0.39 is 18.0 Å². The fourth-order valence-electron chi connectivity index (χ4n) is 0.597. The highest BCUT2D eigenvalue weighted by Gasteiger charge is 2.10. The lowest BCUT2D eigenvalue weighted by molar-refractivity contribution is -0.140. The predicted octanol–water partition coefficient (Wildman–Crippen LogP) is -1.17. The van der Waals surface area contributed by atoms with Crippen LogP contribution in [0.25, 0.3) is 0 Å². The maximum Gasteiger partial charge on any atom is 0.320 e. The van der Waals surface area contributed by atoms with Gasteiger partial charge in [0, 0.05) is 6.42 Å². The smallest absolute Gasteiger partial charge is 0.320 e. The van der Waals surface area contributed by atoms with Gasteiger partial charge in [-0.15, -0.1) is 0 Å². The number of aliphatic carboxylic acids is 2. The summed E-state index contributed by atoms with van der Waals surface area (Å²) in [4.78, 5) is 20.1. The zero-order chi connectivity index (χ0) is 8.85. The number of carboxylic acids is 2. The Kier molecular flexibility index (Phi) is 7.36. The number of hydrogen-bond donors (Lipinski definition) is 3.